The summed E-state index contributed by atoms with van der Waals surface area (Å²) in [5, 5.41) is 14.4. The molecule has 0 saturated carbocycles. The minimum Gasteiger partial charge on any atom is -0.355 e. The molecule has 2 aromatic rings. The standard InChI is InChI=1S/C20H23FN4O2S2/c21-15-6-8-16(9-7-15)23-19(27)20-25-24-18(29-20)13-28-12-17(26)22-11-10-14-4-2-1-3-5-14/h4,6-9H,1-3,5,10-13H2,(H,22,26)(H,23,27). The zero-order chi connectivity index (χ0) is 20.5. The van der Waals surface area contributed by atoms with E-state index in [1.165, 1.54) is 65.8 Å². The van der Waals surface area contributed by atoms with E-state index in [2.05, 4.69) is 26.9 Å². The van der Waals surface area contributed by atoms with Crippen LogP contribution >= 0.6 is 23.1 Å². The van der Waals surface area contributed by atoms with Crippen molar-refractivity contribution in [3.63, 3.8) is 0 Å². The van der Waals surface area contributed by atoms with E-state index >= 15 is 0 Å². The van der Waals surface area contributed by atoms with Gasteiger partial charge in [-0.25, -0.2) is 4.39 Å². The first-order valence-corrected chi connectivity index (χ1v) is 11.5. The van der Waals surface area contributed by atoms with Crippen LogP contribution in [0.3, 0.4) is 0 Å². The topological polar surface area (TPSA) is 84.0 Å². The fourth-order valence-corrected chi connectivity index (χ4v) is 4.54. The molecule has 1 aliphatic rings. The number of nitrogens with one attached hydrogen (secondary N) is 2. The molecule has 2 amide bonds. The van der Waals surface area contributed by atoms with Crippen molar-refractivity contribution in [1.82, 2.24) is 15.5 Å². The van der Waals surface area contributed by atoms with Crippen molar-refractivity contribution in [2.24, 2.45) is 0 Å². The van der Waals surface area contributed by atoms with Crippen molar-refractivity contribution >= 4 is 40.6 Å². The summed E-state index contributed by atoms with van der Waals surface area (Å²) in [5.74, 6) is 0.106. The summed E-state index contributed by atoms with van der Waals surface area (Å²) < 4.78 is 12.9. The molecule has 0 spiro atoms. The van der Waals surface area contributed by atoms with Crippen LogP contribution in [0.25, 0.3) is 0 Å². The van der Waals surface area contributed by atoms with Gasteiger partial charge in [-0.3, -0.25) is 9.59 Å². The quantitative estimate of drug-likeness (QED) is 0.579. The molecule has 0 saturated heterocycles. The number of benzene rings is 1. The fourth-order valence-electron chi connectivity index (χ4n) is 2.90. The minimum atomic E-state index is -0.389. The number of carbonyl (C=O) groups is 2. The van der Waals surface area contributed by atoms with E-state index in [0.717, 1.165) is 19.3 Å². The van der Waals surface area contributed by atoms with Gasteiger partial charge in [0, 0.05) is 18.0 Å². The second kappa shape index (κ2) is 11.1. The van der Waals surface area contributed by atoms with Gasteiger partial charge in [0.15, 0.2) is 0 Å². The highest BCUT2D eigenvalue weighted by Gasteiger charge is 2.14. The summed E-state index contributed by atoms with van der Waals surface area (Å²) in [6.45, 7) is 0.678. The zero-order valence-electron chi connectivity index (χ0n) is 15.9. The van der Waals surface area contributed by atoms with E-state index < -0.39 is 0 Å². The Bertz CT molecular complexity index is 868. The summed E-state index contributed by atoms with van der Waals surface area (Å²) in [4.78, 5) is 24.1. The molecule has 6 nitrogen and oxygen atoms in total. The molecule has 0 unspecified atom stereocenters. The smallest absolute Gasteiger partial charge is 0.286 e. The summed E-state index contributed by atoms with van der Waals surface area (Å²) in [5.41, 5.74) is 1.94. The molecule has 0 radical (unpaired) electrons. The van der Waals surface area contributed by atoms with Gasteiger partial charge in [-0.2, -0.15) is 0 Å². The first-order valence-electron chi connectivity index (χ1n) is 9.52. The van der Waals surface area contributed by atoms with Gasteiger partial charge in [-0.15, -0.1) is 22.0 Å². The monoisotopic (exact) mass is 434 g/mol. The van der Waals surface area contributed by atoms with Crippen LogP contribution in [0.2, 0.25) is 0 Å². The third-order valence-electron chi connectivity index (χ3n) is 4.38. The summed E-state index contributed by atoms with van der Waals surface area (Å²) in [6.07, 6.45) is 8.06. The fraction of sp³-hybridized carbons (Fsp3) is 0.400. The Morgan fingerprint density at radius 2 is 2.00 bits per heavy atom. The lowest BCUT2D eigenvalue weighted by atomic mass is 9.97. The number of rotatable bonds is 9. The summed E-state index contributed by atoms with van der Waals surface area (Å²) in [7, 11) is 0. The number of hydrogen-bond acceptors (Lipinski definition) is 6. The van der Waals surface area contributed by atoms with Gasteiger partial charge in [0.2, 0.25) is 10.9 Å². The molecule has 3 rings (SSSR count). The lowest BCUT2D eigenvalue weighted by Gasteiger charge is -2.12. The molecule has 2 N–H and O–H groups in total. The van der Waals surface area contributed by atoms with Crippen LogP contribution in [-0.4, -0.2) is 34.3 Å². The number of anilines is 1. The van der Waals surface area contributed by atoms with Gasteiger partial charge in [-0.05, 0) is 56.4 Å². The molecular weight excluding hydrogens is 411 g/mol. The number of hydrogen-bond donors (Lipinski definition) is 2. The Hall–Kier alpha value is -2.26. The number of nitrogens with zero attached hydrogens (tertiary/aromatic N) is 2. The van der Waals surface area contributed by atoms with E-state index in [1.54, 1.807) is 0 Å². The summed E-state index contributed by atoms with van der Waals surface area (Å²) >= 11 is 2.62. The Morgan fingerprint density at radius 1 is 1.17 bits per heavy atom. The van der Waals surface area contributed by atoms with Crippen molar-refractivity contribution in [1.29, 1.82) is 0 Å². The van der Waals surface area contributed by atoms with Crippen LogP contribution in [0.5, 0.6) is 0 Å². The van der Waals surface area contributed by atoms with Crippen molar-refractivity contribution in [3.05, 3.63) is 51.7 Å². The van der Waals surface area contributed by atoms with Crippen molar-refractivity contribution in [3.8, 4) is 0 Å². The molecule has 0 aliphatic heterocycles. The van der Waals surface area contributed by atoms with E-state index in [1.807, 2.05) is 0 Å². The zero-order valence-corrected chi connectivity index (χ0v) is 17.6. The maximum Gasteiger partial charge on any atom is 0.286 e. The Balaban J connectivity index is 1.35. The van der Waals surface area contributed by atoms with Crippen LogP contribution in [0, 0.1) is 5.82 Å². The van der Waals surface area contributed by atoms with Crippen molar-refractivity contribution in [2.75, 3.05) is 17.6 Å². The first kappa shape index (κ1) is 21.4. The number of allylic oxidation sites excluding steroid dienone is 1. The maximum atomic E-state index is 12.9. The Kier molecular flexibility index (Phi) is 8.18. The molecule has 1 aromatic heterocycles. The Labute approximate surface area is 177 Å². The van der Waals surface area contributed by atoms with Gasteiger partial charge in [0.25, 0.3) is 5.91 Å². The molecular formula is C20H23FN4O2S2. The molecule has 29 heavy (non-hydrogen) atoms. The third kappa shape index (κ3) is 7.25. The largest absolute Gasteiger partial charge is 0.355 e. The summed E-state index contributed by atoms with van der Waals surface area (Å²) in [6, 6.07) is 5.51. The predicted octanol–water partition coefficient (Wildman–Crippen LogP) is 4.17. The SMILES string of the molecule is O=C(CSCc1nnc(C(=O)Nc2ccc(F)cc2)s1)NCCC1=CCCCC1. The molecule has 1 heterocycles. The molecule has 154 valence electrons. The lowest BCUT2D eigenvalue weighted by molar-refractivity contribution is -0.118. The average Bonchev–Trinajstić information content (AvgIpc) is 3.20. The van der Waals surface area contributed by atoms with E-state index in [9.17, 15) is 14.0 Å². The lowest BCUT2D eigenvalue weighted by Crippen LogP contribution is -2.26. The predicted molar refractivity (Wildman–Crippen MR) is 115 cm³/mol. The second-order valence-corrected chi connectivity index (χ2v) is 8.71. The number of amides is 2. The van der Waals surface area contributed by atoms with Gasteiger partial charge in [0.1, 0.15) is 10.8 Å². The van der Waals surface area contributed by atoms with Crippen molar-refractivity contribution in [2.45, 2.75) is 37.9 Å². The maximum absolute atomic E-state index is 12.9. The second-order valence-electron chi connectivity index (χ2n) is 6.66. The van der Waals surface area contributed by atoms with Crippen LogP contribution in [-0.2, 0) is 10.5 Å². The first-order chi connectivity index (χ1) is 14.1. The van der Waals surface area contributed by atoms with Crippen LogP contribution < -0.4 is 10.6 Å². The number of carbonyl (C=O) groups excluding carboxylic acids is 2. The van der Waals surface area contributed by atoms with E-state index in [-0.39, 0.29) is 22.6 Å². The molecule has 0 bridgehead atoms. The normalized spacial score (nSPS) is 13.6. The van der Waals surface area contributed by atoms with Crippen LogP contribution in [0.4, 0.5) is 10.1 Å². The number of aromatic nitrogens is 2. The van der Waals surface area contributed by atoms with Gasteiger partial charge >= 0.3 is 0 Å². The van der Waals surface area contributed by atoms with Gasteiger partial charge in [0.05, 0.1) is 5.75 Å². The highest BCUT2D eigenvalue weighted by Crippen LogP contribution is 2.20. The molecule has 1 aliphatic carbocycles. The minimum absolute atomic E-state index is 0.00482. The average molecular weight is 435 g/mol. The molecule has 1 aromatic carbocycles. The van der Waals surface area contributed by atoms with E-state index in [4.69, 9.17) is 0 Å². The molecule has 9 heteroatoms. The van der Waals surface area contributed by atoms with Crippen LogP contribution in [0.15, 0.2) is 35.9 Å². The number of thioether (sulfide) groups is 1. The third-order valence-corrected chi connectivity index (χ3v) is 6.42. The molecule has 0 atom stereocenters. The van der Waals surface area contributed by atoms with Gasteiger partial charge in [-0.1, -0.05) is 23.0 Å². The highest BCUT2D eigenvalue weighted by molar-refractivity contribution is 7.99. The molecule has 0 fully saturated rings. The van der Waals surface area contributed by atoms with E-state index in [0.29, 0.717) is 28.7 Å². The van der Waals surface area contributed by atoms with Gasteiger partial charge < -0.3 is 10.6 Å². The highest BCUT2D eigenvalue weighted by atomic mass is 32.2. The van der Waals surface area contributed by atoms with Crippen LogP contribution in [0.1, 0.15) is 46.9 Å². The van der Waals surface area contributed by atoms with Crippen molar-refractivity contribution < 1.29 is 14.0 Å². The number of halogens is 1. The Morgan fingerprint density at radius 3 is 2.76 bits per heavy atom.